The number of carbonyl (C=O) groups is 1. The number of hydrogen-bond acceptors (Lipinski definition) is 3. The SMILES string of the molecule is CC1OCCC1C(=O)N(CC1CCCNC1)C1CC1. The molecule has 19 heavy (non-hydrogen) atoms. The Kier molecular flexibility index (Phi) is 4.08. The highest BCUT2D eigenvalue weighted by Crippen LogP contribution is 2.32. The van der Waals surface area contributed by atoms with Gasteiger partial charge in [0, 0.05) is 19.2 Å². The lowest BCUT2D eigenvalue weighted by atomic mass is 9.96. The van der Waals surface area contributed by atoms with Crippen molar-refractivity contribution in [2.24, 2.45) is 11.8 Å². The predicted molar refractivity (Wildman–Crippen MR) is 73.8 cm³/mol. The summed E-state index contributed by atoms with van der Waals surface area (Å²) in [5.41, 5.74) is 0. The highest BCUT2D eigenvalue weighted by atomic mass is 16.5. The molecule has 1 amide bonds. The zero-order valence-corrected chi connectivity index (χ0v) is 11.9. The number of piperidine rings is 1. The molecule has 4 heteroatoms. The van der Waals surface area contributed by atoms with Crippen LogP contribution >= 0.6 is 0 Å². The lowest BCUT2D eigenvalue weighted by Gasteiger charge is -2.32. The van der Waals surface area contributed by atoms with E-state index in [2.05, 4.69) is 10.2 Å². The van der Waals surface area contributed by atoms with Crippen molar-refractivity contribution in [3.05, 3.63) is 0 Å². The number of hydrogen-bond donors (Lipinski definition) is 1. The number of carbonyl (C=O) groups excluding carboxylic acids is 1. The van der Waals surface area contributed by atoms with Crippen molar-refractivity contribution in [2.45, 2.75) is 51.2 Å². The summed E-state index contributed by atoms with van der Waals surface area (Å²) in [5.74, 6) is 1.12. The van der Waals surface area contributed by atoms with Crippen molar-refractivity contribution in [2.75, 3.05) is 26.2 Å². The number of nitrogens with zero attached hydrogens (tertiary/aromatic N) is 1. The van der Waals surface area contributed by atoms with Crippen LogP contribution in [0, 0.1) is 11.8 Å². The van der Waals surface area contributed by atoms with Gasteiger partial charge in [-0.05, 0) is 58.0 Å². The van der Waals surface area contributed by atoms with Gasteiger partial charge in [0.1, 0.15) is 0 Å². The van der Waals surface area contributed by atoms with Gasteiger partial charge >= 0.3 is 0 Å². The highest BCUT2D eigenvalue weighted by Gasteiger charge is 2.40. The Labute approximate surface area is 115 Å². The van der Waals surface area contributed by atoms with Crippen molar-refractivity contribution >= 4 is 5.91 Å². The van der Waals surface area contributed by atoms with Crippen LogP contribution in [-0.4, -0.2) is 49.2 Å². The summed E-state index contributed by atoms with van der Waals surface area (Å²) in [6, 6.07) is 0.530. The van der Waals surface area contributed by atoms with Gasteiger partial charge in [-0.2, -0.15) is 0 Å². The fraction of sp³-hybridized carbons (Fsp3) is 0.933. The lowest BCUT2D eigenvalue weighted by molar-refractivity contribution is -0.138. The number of rotatable bonds is 4. The maximum atomic E-state index is 12.7. The van der Waals surface area contributed by atoms with Crippen LogP contribution in [0.4, 0.5) is 0 Å². The quantitative estimate of drug-likeness (QED) is 0.836. The first kappa shape index (κ1) is 13.4. The molecule has 108 valence electrons. The monoisotopic (exact) mass is 266 g/mol. The second kappa shape index (κ2) is 5.80. The third-order valence-corrected chi connectivity index (χ3v) is 4.82. The van der Waals surface area contributed by atoms with E-state index in [4.69, 9.17) is 4.74 Å². The molecule has 0 aromatic rings. The Morgan fingerprint density at radius 3 is 2.74 bits per heavy atom. The van der Waals surface area contributed by atoms with E-state index in [1.54, 1.807) is 0 Å². The van der Waals surface area contributed by atoms with Gasteiger partial charge in [0.05, 0.1) is 12.0 Å². The van der Waals surface area contributed by atoms with Crippen LogP contribution in [-0.2, 0) is 9.53 Å². The van der Waals surface area contributed by atoms with Gasteiger partial charge in [-0.15, -0.1) is 0 Å². The molecule has 2 aliphatic heterocycles. The summed E-state index contributed by atoms with van der Waals surface area (Å²) in [4.78, 5) is 14.9. The minimum Gasteiger partial charge on any atom is -0.378 e. The topological polar surface area (TPSA) is 41.6 Å². The Morgan fingerprint density at radius 2 is 2.16 bits per heavy atom. The van der Waals surface area contributed by atoms with Gasteiger partial charge in [0.15, 0.2) is 0 Å². The molecular formula is C15H26N2O2. The molecule has 1 saturated carbocycles. The molecule has 3 atom stereocenters. The van der Waals surface area contributed by atoms with E-state index < -0.39 is 0 Å². The molecule has 0 aromatic heterocycles. The minimum absolute atomic E-state index is 0.108. The fourth-order valence-electron chi connectivity index (χ4n) is 3.43. The maximum absolute atomic E-state index is 12.7. The third kappa shape index (κ3) is 3.11. The van der Waals surface area contributed by atoms with E-state index in [1.807, 2.05) is 6.92 Å². The van der Waals surface area contributed by atoms with Crippen LogP contribution in [0.3, 0.4) is 0 Å². The van der Waals surface area contributed by atoms with Gasteiger partial charge in [-0.3, -0.25) is 4.79 Å². The molecule has 4 nitrogen and oxygen atoms in total. The van der Waals surface area contributed by atoms with E-state index in [0.717, 1.165) is 32.7 Å². The van der Waals surface area contributed by atoms with E-state index in [0.29, 0.717) is 17.9 Å². The average Bonchev–Trinajstić information content (AvgIpc) is 3.18. The molecule has 3 unspecified atom stereocenters. The Morgan fingerprint density at radius 1 is 1.32 bits per heavy atom. The standard InChI is InChI=1S/C15H26N2O2/c1-11-14(6-8-19-11)15(18)17(13-4-5-13)10-12-3-2-7-16-9-12/h11-14,16H,2-10H2,1H3. The summed E-state index contributed by atoms with van der Waals surface area (Å²) >= 11 is 0. The molecule has 0 bridgehead atoms. The summed E-state index contributed by atoms with van der Waals surface area (Å²) in [6.45, 7) is 5.97. The lowest BCUT2D eigenvalue weighted by Crippen LogP contribution is -2.45. The second-order valence-electron chi connectivity index (χ2n) is 6.41. The smallest absolute Gasteiger partial charge is 0.228 e. The van der Waals surface area contributed by atoms with Crippen LogP contribution in [0.1, 0.15) is 39.0 Å². The molecule has 2 saturated heterocycles. The number of ether oxygens (including phenoxy) is 1. The van der Waals surface area contributed by atoms with Crippen molar-refractivity contribution < 1.29 is 9.53 Å². The van der Waals surface area contributed by atoms with Gasteiger partial charge in [0.2, 0.25) is 5.91 Å². The van der Waals surface area contributed by atoms with E-state index >= 15 is 0 Å². The van der Waals surface area contributed by atoms with Crippen LogP contribution in [0.2, 0.25) is 0 Å². The maximum Gasteiger partial charge on any atom is 0.228 e. The third-order valence-electron chi connectivity index (χ3n) is 4.82. The first-order chi connectivity index (χ1) is 9.25. The first-order valence-corrected chi connectivity index (χ1v) is 7.88. The molecular weight excluding hydrogens is 240 g/mol. The van der Waals surface area contributed by atoms with Gasteiger partial charge in [0.25, 0.3) is 0 Å². The molecule has 1 aliphatic carbocycles. The van der Waals surface area contributed by atoms with Crippen LogP contribution in [0.15, 0.2) is 0 Å². The molecule has 1 N–H and O–H groups in total. The van der Waals surface area contributed by atoms with E-state index in [-0.39, 0.29) is 12.0 Å². The summed E-state index contributed by atoms with van der Waals surface area (Å²) in [6.07, 6.45) is 5.94. The molecule has 2 heterocycles. The van der Waals surface area contributed by atoms with Crippen molar-refractivity contribution in [3.8, 4) is 0 Å². The zero-order chi connectivity index (χ0) is 13.2. The Balaban J connectivity index is 1.61. The minimum atomic E-state index is 0.108. The van der Waals surface area contributed by atoms with Gasteiger partial charge < -0.3 is 15.0 Å². The van der Waals surface area contributed by atoms with Gasteiger partial charge in [-0.25, -0.2) is 0 Å². The molecule has 0 radical (unpaired) electrons. The zero-order valence-electron chi connectivity index (χ0n) is 11.9. The van der Waals surface area contributed by atoms with Gasteiger partial charge in [-0.1, -0.05) is 0 Å². The second-order valence-corrected chi connectivity index (χ2v) is 6.41. The average molecular weight is 266 g/mol. The summed E-state index contributed by atoms with van der Waals surface area (Å²) in [5, 5.41) is 3.45. The Bertz CT molecular complexity index is 324. The largest absolute Gasteiger partial charge is 0.378 e. The van der Waals surface area contributed by atoms with Crippen LogP contribution in [0.25, 0.3) is 0 Å². The van der Waals surface area contributed by atoms with Crippen molar-refractivity contribution in [1.29, 1.82) is 0 Å². The molecule has 3 rings (SSSR count). The summed E-state index contributed by atoms with van der Waals surface area (Å²) in [7, 11) is 0. The van der Waals surface area contributed by atoms with E-state index in [1.165, 1.54) is 25.7 Å². The van der Waals surface area contributed by atoms with E-state index in [9.17, 15) is 4.79 Å². The first-order valence-electron chi connectivity index (χ1n) is 7.88. The van der Waals surface area contributed by atoms with Crippen molar-refractivity contribution in [1.82, 2.24) is 10.2 Å². The summed E-state index contributed by atoms with van der Waals surface area (Å²) < 4.78 is 5.57. The van der Waals surface area contributed by atoms with Crippen molar-refractivity contribution in [3.63, 3.8) is 0 Å². The van der Waals surface area contributed by atoms with Crippen LogP contribution < -0.4 is 5.32 Å². The number of nitrogens with one attached hydrogen (secondary N) is 1. The molecule has 0 spiro atoms. The fourth-order valence-corrected chi connectivity index (χ4v) is 3.43. The molecule has 3 aliphatic rings. The number of amides is 1. The predicted octanol–water partition coefficient (Wildman–Crippen LogP) is 1.40. The van der Waals surface area contributed by atoms with Crippen LogP contribution in [0.5, 0.6) is 0 Å². The molecule has 0 aromatic carbocycles. The Hall–Kier alpha value is -0.610. The highest BCUT2D eigenvalue weighted by molar-refractivity contribution is 5.80. The molecule has 3 fully saturated rings. The normalized spacial score (nSPS) is 35.3.